The molecule has 7 rings (SSSR count). The minimum Gasteiger partial charge on any atom is -0.359 e. The Kier molecular flexibility index (Phi) is 6.01. The van der Waals surface area contributed by atoms with Crippen molar-refractivity contribution in [3.63, 3.8) is 0 Å². The molecule has 7 heterocycles. The van der Waals surface area contributed by atoms with E-state index in [1.165, 1.54) is 0 Å². The van der Waals surface area contributed by atoms with E-state index in [0.717, 1.165) is 0 Å². The van der Waals surface area contributed by atoms with E-state index in [-0.39, 0.29) is 24.6 Å². The van der Waals surface area contributed by atoms with E-state index < -0.39 is 84.2 Å². The van der Waals surface area contributed by atoms with E-state index in [9.17, 15) is 5.21 Å². The predicted octanol–water partition coefficient (Wildman–Crippen LogP) is 1.53. The summed E-state index contributed by atoms with van der Waals surface area (Å²) in [7, 11) is 0. The van der Waals surface area contributed by atoms with Crippen LogP contribution in [0, 0.1) is 5.21 Å². The Balaban J connectivity index is 1.25. The largest absolute Gasteiger partial charge is 0.359 e. The maximum atomic E-state index is 13.3. The molecule has 0 amide bonds. The third-order valence-corrected chi connectivity index (χ3v) is 8.19. The first-order chi connectivity index (χ1) is 18.6. The van der Waals surface area contributed by atoms with Gasteiger partial charge in [-0.25, -0.2) is 0 Å². The van der Waals surface area contributed by atoms with E-state index in [1.54, 1.807) is 0 Å². The smallest absolute Gasteiger partial charge is 0.255 e. The molecule has 1 aromatic rings. The SMILES string of the molecule is CC1(C)OC[C@H]2O[C@@H](c3no[n+]([O-])c3[C@@H]3O[C@@H]4COC(C)(C)O[C@H]4[C@@H]4OC(C)(C)O[C@@H]43)[C@H]3OC(C)(C)O[C@H]3[C@@H]2O1. The van der Waals surface area contributed by atoms with Gasteiger partial charge in [-0.1, -0.05) is 0 Å². The zero-order valence-corrected chi connectivity index (χ0v) is 24.0. The van der Waals surface area contributed by atoms with Gasteiger partial charge in [-0.2, -0.15) is 0 Å². The number of hydrogen-bond donors (Lipinski definition) is 0. The van der Waals surface area contributed by atoms with Gasteiger partial charge in [-0.05, 0) is 60.3 Å². The lowest BCUT2D eigenvalue weighted by Gasteiger charge is -2.48. The van der Waals surface area contributed by atoms with Gasteiger partial charge in [0.1, 0.15) is 48.8 Å². The molecule has 0 N–H and O–H groups in total. The molecule has 40 heavy (non-hydrogen) atoms. The molecule has 6 saturated heterocycles. The van der Waals surface area contributed by atoms with Crippen LogP contribution < -0.4 is 4.90 Å². The average molecular weight is 571 g/mol. The number of aromatic nitrogens is 2. The standard InChI is InChI=1S/C26H38N2O12/c1-23(2)30-9-11-15(34-23)19-21(38-25(5,6)36-19)17(32-11)13-14(28(29)40-27-13)18-22-20(37-26(7,8)39-22)16-12(33-18)10-31-24(3,4)35-16/h11-12,15-22H,9-10H2,1-8H3/t11-,12-,15-,16-,17+,18+,19+,20+,21-,22-/m1/s1. The topological polar surface area (TPSA) is 145 Å². The van der Waals surface area contributed by atoms with Crippen LogP contribution in [-0.4, -0.2) is 90.4 Å². The molecular formula is C26H38N2O12. The highest BCUT2D eigenvalue weighted by Gasteiger charge is 2.64. The van der Waals surface area contributed by atoms with Crippen molar-refractivity contribution in [1.29, 1.82) is 0 Å². The van der Waals surface area contributed by atoms with Crippen molar-refractivity contribution in [3.8, 4) is 0 Å². The highest BCUT2D eigenvalue weighted by Crippen LogP contribution is 2.50. The van der Waals surface area contributed by atoms with Crippen LogP contribution in [0.4, 0.5) is 0 Å². The molecule has 6 fully saturated rings. The first-order valence-electron chi connectivity index (χ1n) is 13.9. The molecule has 6 aliphatic heterocycles. The Morgan fingerprint density at radius 3 is 1.55 bits per heavy atom. The molecule has 0 unspecified atom stereocenters. The van der Waals surface area contributed by atoms with Crippen LogP contribution in [0.15, 0.2) is 4.63 Å². The second-order valence-corrected chi connectivity index (χ2v) is 13.1. The zero-order valence-electron chi connectivity index (χ0n) is 24.0. The van der Waals surface area contributed by atoms with Crippen LogP contribution in [0.25, 0.3) is 0 Å². The third kappa shape index (κ3) is 4.48. The lowest BCUT2D eigenvalue weighted by molar-refractivity contribution is -0.811. The van der Waals surface area contributed by atoms with Gasteiger partial charge in [0.05, 0.1) is 13.2 Å². The summed E-state index contributed by atoms with van der Waals surface area (Å²) in [6, 6.07) is 0. The van der Waals surface area contributed by atoms with Crippen LogP contribution in [0.2, 0.25) is 0 Å². The van der Waals surface area contributed by atoms with E-state index >= 15 is 0 Å². The molecule has 14 heteroatoms. The lowest BCUT2D eigenvalue weighted by atomic mass is 9.88. The van der Waals surface area contributed by atoms with Gasteiger partial charge in [-0.3, -0.25) is 4.63 Å². The average Bonchev–Trinajstić information content (AvgIpc) is 3.49. The Bertz CT molecular complexity index is 1150. The molecule has 6 aliphatic rings. The van der Waals surface area contributed by atoms with Crippen molar-refractivity contribution in [1.82, 2.24) is 5.16 Å². The Morgan fingerprint density at radius 2 is 1.02 bits per heavy atom. The van der Waals surface area contributed by atoms with Crippen molar-refractivity contribution < 1.29 is 56.9 Å². The van der Waals surface area contributed by atoms with E-state index in [2.05, 4.69) is 5.16 Å². The Morgan fingerprint density at radius 1 is 0.600 bits per heavy atom. The monoisotopic (exact) mass is 570 g/mol. The van der Waals surface area contributed by atoms with Gasteiger partial charge in [0.25, 0.3) is 5.69 Å². The molecule has 0 aromatic carbocycles. The second-order valence-electron chi connectivity index (χ2n) is 13.1. The van der Waals surface area contributed by atoms with Crippen LogP contribution >= 0.6 is 0 Å². The van der Waals surface area contributed by atoms with Crippen LogP contribution in [0.3, 0.4) is 0 Å². The summed E-state index contributed by atoms with van der Waals surface area (Å²) in [5, 5.41) is 17.4. The predicted molar refractivity (Wildman–Crippen MR) is 128 cm³/mol. The molecule has 0 spiro atoms. The third-order valence-electron chi connectivity index (χ3n) is 8.19. The molecule has 14 nitrogen and oxygen atoms in total. The number of ether oxygens (including phenoxy) is 10. The summed E-state index contributed by atoms with van der Waals surface area (Å²) in [4.78, 5) is 0.336. The van der Waals surface area contributed by atoms with E-state index in [4.69, 9.17) is 52.0 Å². The number of hydrogen-bond acceptors (Lipinski definition) is 13. The number of nitrogens with zero attached hydrogens (tertiary/aromatic N) is 2. The molecule has 0 bridgehead atoms. The van der Waals surface area contributed by atoms with Gasteiger partial charge in [0, 0.05) is 5.16 Å². The summed E-state index contributed by atoms with van der Waals surface area (Å²) < 4.78 is 67.6. The summed E-state index contributed by atoms with van der Waals surface area (Å²) >= 11 is 0. The van der Waals surface area contributed by atoms with Crippen molar-refractivity contribution in [2.24, 2.45) is 0 Å². The Hall–Kier alpha value is -1.46. The highest BCUT2D eigenvalue weighted by atomic mass is 16.8. The second kappa shape index (κ2) is 8.78. The van der Waals surface area contributed by atoms with Crippen LogP contribution in [0.5, 0.6) is 0 Å². The van der Waals surface area contributed by atoms with E-state index in [0.29, 0.717) is 4.90 Å². The molecule has 0 aliphatic carbocycles. The molecular weight excluding hydrogens is 532 g/mol. The quantitative estimate of drug-likeness (QED) is 0.474. The Labute approximate surface area is 231 Å². The summed E-state index contributed by atoms with van der Waals surface area (Å²) in [6.07, 6.45) is -6.13. The normalized spacial score (nSPS) is 46.2. The molecule has 1 aromatic heterocycles. The van der Waals surface area contributed by atoms with Crippen LogP contribution in [-0.2, 0) is 47.4 Å². The summed E-state index contributed by atoms with van der Waals surface area (Å²) in [5.74, 6) is -3.52. The number of rotatable bonds is 2. The molecule has 224 valence electrons. The minimum absolute atomic E-state index is 0.105. The maximum Gasteiger partial charge on any atom is 0.255 e. The first kappa shape index (κ1) is 27.4. The van der Waals surface area contributed by atoms with Crippen molar-refractivity contribution in [3.05, 3.63) is 16.6 Å². The van der Waals surface area contributed by atoms with Gasteiger partial charge >= 0.3 is 0 Å². The molecule has 0 radical (unpaired) electrons. The van der Waals surface area contributed by atoms with Crippen LogP contribution in [0.1, 0.15) is 79.0 Å². The zero-order chi connectivity index (χ0) is 28.4. The maximum absolute atomic E-state index is 13.3. The summed E-state index contributed by atoms with van der Waals surface area (Å²) in [5.41, 5.74) is 0.330. The molecule has 0 saturated carbocycles. The summed E-state index contributed by atoms with van der Waals surface area (Å²) in [6.45, 7) is 15.1. The van der Waals surface area contributed by atoms with Gasteiger partial charge in [-0.15, -0.1) is 0 Å². The van der Waals surface area contributed by atoms with Gasteiger partial charge in [0.15, 0.2) is 35.4 Å². The first-order valence-corrected chi connectivity index (χ1v) is 13.9. The van der Waals surface area contributed by atoms with Crippen molar-refractivity contribution >= 4 is 0 Å². The van der Waals surface area contributed by atoms with Crippen molar-refractivity contribution in [2.75, 3.05) is 13.2 Å². The fourth-order valence-electron chi connectivity index (χ4n) is 6.72. The van der Waals surface area contributed by atoms with E-state index in [1.807, 2.05) is 55.4 Å². The van der Waals surface area contributed by atoms with Crippen molar-refractivity contribution in [2.45, 2.75) is 140 Å². The minimum atomic E-state index is -0.946. The van der Waals surface area contributed by atoms with Gasteiger partial charge in [0.2, 0.25) is 5.69 Å². The highest BCUT2D eigenvalue weighted by molar-refractivity contribution is 5.20. The molecule has 10 atom stereocenters. The fraction of sp³-hybridized carbons (Fsp3) is 0.923. The van der Waals surface area contributed by atoms with Gasteiger partial charge < -0.3 is 52.6 Å². The lowest BCUT2D eigenvalue weighted by Crippen LogP contribution is -2.62. The fourth-order valence-corrected chi connectivity index (χ4v) is 6.72. The number of fused-ring (bicyclic) bond motifs is 6.